The summed E-state index contributed by atoms with van der Waals surface area (Å²) < 4.78 is 0. The lowest BCUT2D eigenvalue weighted by molar-refractivity contribution is 0.102. The van der Waals surface area contributed by atoms with Crippen LogP contribution < -0.4 is 10.6 Å². The van der Waals surface area contributed by atoms with E-state index in [9.17, 15) is 4.79 Å². The van der Waals surface area contributed by atoms with Crippen molar-refractivity contribution in [1.82, 2.24) is 9.97 Å². The number of nitrogens with zero attached hydrogens (tertiary/aromatic N) is 2. The van der Waals surface area contributed by atoms with E-state index in [0.717, 1.165) is 5.56 Å². The second-order valence-corrected chi connectivity index (χ2v) is 6.49. The van der Waals surface area contributed by atoms with Crippen molar-refractivity contribution in [2.24, 2.45) is 0 Å². The number of anilines is 2. The lowest BCUT2D eigenvalue weighted by Gasteiger charge is -2.21. The van der Waals surface area contributed by atoms with E-state index in [1.807, 2.05) is 33.8 Å². The largest absolute Gasteiger partial charge is 0.365 e. The highest BCUT2D eigenvalue weighted by atomic mass is 35.5. The number of hydrogen-bond donors (Lipinski definition) is 2. The molecule has 0 aliphatic heterocycles. The van der Waals surface area contributed by atoms with Crippen LogP contribution in [-0.2, 0) is 0 Å². The van der Waals surface area contributed by atoms with Crippen molar-refractivity contribution in [1.29, 1.82) is 0 Å². The molecule has 2 aromatic rings. The molecule has 0 aliphatic carbocycles. The first-order valence-electron chi connectivity index (χ1n) is 6.92. The Morgan fingerprint density at radius 3 is 2.55 bits per heavy atom. The molecule has 0 unspecified atom stereocenters. The second-order valence-electron chi connectivity index (χ2n) is 6.08. The Balaban J connectivity index is 2.15. The Morgan fingerprint density at radius 2 is 1.91 bits per heavy atom. The van der Waals surface area contributed by atoms with E-state index in [1.165, 1.54) is 6.33 Å². The standard InChI is InChI=1S/C16H19ClN4O/c1-10-5-6-11(7-12(10)17)20-15(22)13-8-14(19-9-18-13)21-16(2,3)4/h5-9H,1-4H3,(H,20,22)(H,18,19,21). The molecule has 116 valence electrons. The summed E-state index contributed by atoms with van der Waals surface area (Å²) in [6.07, 6.45) is 1.37. The van der Waals surface area contributed by atoms with Crippen molar-refractivity contribution in [2.45, 2.75) is 33.2 Å². The first-order chi connectivity index (χ1) is 10.2. The van der Waals surface area contributed by atoms with E-state index >= 15 is 0 Å². The molecule has 0 spiro atoms. The molecule has 0 aliphatic rings. The molecule has 22 heavy (non-hydrogen) atoms. The van der Waals surface area contributed by atoms with Crippen molar-refractivity contribution in [2.75, 3.05) is 10.6 Å². The summed E-state index contributed by atoms with van der Waals surface area (Å²) in [4.78, 5) is 20.4. The van der Waals surface area contributed by atoms with Gasteiger partial charge < -0.3 is 10.6 Å². The van der Waals surface area contributed by atoms with Gasteiger partial charge in [0.1, 0.15) is 17.8 Å². The number of nitrogens with one attached hydrogen (secondary N) is 2. The molecule has 0 fully saturated rings. The summed E-state index contributed by atoms with van der Waals surface area (Å²) in [6, 6.07) is 6.99. The quantitative estimate of drug-likeness (QED) is 0.900. The highest BCUT2D eigenvalue weighted by molar-refractivity contribution is 6.31. The van der Waals surface area contributed by atoms with Crippen molar-refractivity contribution in [3.8, 4) is 0 Å². The predicted octanol–water partition coefficient (Wildman–Crippen LogP) is 3.90. The normalized spacial score (nSPS) is 11.1. The van der Waals surface area contributed by atoms with Gasteiger partial charge in [-0.2, -0.15) is 0 Å². The van der Waals surface area contributed by atoms with E-state index in [-0.39, 0.29) is 11.4 Å². The molecule has 1 aromatic heterocycles. The van der Waals surface area contributed by atoms with Gasteiger partial charge >= 0.3 is 0 Å². The van der Waals surface area contributed by atoms with Gasteiger partial charge in [0.15, 0.2) is 0 Å². The lowest BCUT2D eigenvalue weighted by atomic mass is 10.1. The average Bonchev–Trinajstić information content (AvgIpc) is 2.41. The maximum Gasteiger partial charge on any atom is 0.274 e. The molecule has 6 heteroatoms. The van der Waals surface area contributed by atoms with Crippen molar-refractivity contribution < 1.29 is 4.79 Å². The Kier molecular flexibility index (Phi) is 4.66. The van der Waals surface area contributed by atoms with Gasteiger partial charge in [-0.3, -0.25) is 4.79 Å². The zero-order valence-corrected chi connectivity index (χ0v) is 13.8. The van der Waals surface area contributed by atoms with Crippen LogP contribution in [0.5, 0.6) is 0 Å². The molecule has 1 aromatic carbocycles. The number of aromatic nitrogens is 2. The van der Waals surface area contributed by atoms with E-state index in [2.05, 4.69) is 20.6 Å². The fourth-order valence-corrected chi connectivity index (χ4v) is 1.98. The van der Waals surface area contributed by atoms with Gasteiger partial charge in [-0.25, -0.2) is 9.97 Å². The maximum absolute atomic E-state index is 12.3. The molecule has 0 saturated carbocycles. The van der Waals surface area contributed by atoms with Gasteiger partial charge in [0.25, 0.3) is 5.91 Å². The molecule has 0 atom stereocenters. The monoisotopic (exact) mass is 318 g/mol. The minimum Gasteiger partial charge on any atom is -0.365 e. The summed E-state index contributed by atoms with van der Waals surface area (Å²) in [5, 5.41) is 6.59. The summed E-state index contributed by atoms with van der Waals surface area (Å²) in [7, 11) is 0. The first kappa shape index (κ1) is 16.2. The van der Waals surface area contributed by atoms with E-state index in [0.29, 0.717) is 22.2 Å². The van der Waals surface area contributed by atoms with Gasteiger partial charge in [0.2, 0.25) is 0 Å². The molecule has 0 saturated heterocycles. The summed E-state index contributed by atoms with van der Waals surface area (Å²) in [5.41, 5.74) is 1.73. The highest BCUT2D eigenvalue weighted by Crippen LogP contribution is 2.20. The van der Waals surface area contributed by atoms with Gasteiger partial charge in [-0.05, 0) is 45.4 Å². The Hall–Kier alpha value is -2.14. The topological polar surface area (TPSA) is 66.9 Å². The molecule has 2 N–H and O–H groups in total. The van der Waals surface area contributed by atoms with Gasteiger partial charge in [0.05, 0.1) is 0 Å². The zero-order chi connectivity index (χ0) is 16.3. The van der Waals surface area contributed by atoms with Gasteiger partial charge in [-0.15, -0.1) is 0 Å². The summed E-state index contributed by atoms with van der Waals surface area (Å²) >= 11 is 6.05. The molecule has 0 radical (unpaired) electrons. The van der Waals surface area contributed by atoms with Crippen molar-refractivity contribution in [3.05, 3.63) is 46.9 Å². The highest BCUT2D eigenvalue weighted by Gasteiger charge is 2.13. The van der Waals surface area contributed by atoms with Gasteiger partial charge in [0, 0.05) is 22.3 Å². The number of hydrogen-bond acceptors (Lipinski definition) is 4. The fraction of sp³-hybridized carbons (Fsp3) is 0.312. The number of carbonyl (C=O) groups is 1. The third-order valence-electron chi connectivity index (χ3n) is 2.83. The molecule has 5 nitrogen and oxygen atoms in total. The van der Waals surface area contributed by atoms with E-state index < -0.39 is 0 Å². The lowest BCUT2D eigenvalue weighted by Crippen LogP contribution is -2.27. The van der Waals surface area contributed by atoms with Crippen LogP contribution in [0.15, 0.2) is 30.6 Å². The van der Waals surface area contributed by atoms with Crippen LogP contribution in [0, 0.1) is 6.92 Å². The van der Waals surface area contributed by atoms with Crippen LogP contribution in [0.4, 0.5) is 11.5 Å². The van der Waals surface area contributed by atoms with Crippen molar-refractivity contribution >= 4 is 29.0 Å². The molecular formula is C16H19ClN4O. The molecular weight excluding hydrogens is 300 g/mol. The van der Waals surface area contributed by atoms with Crippen LogP contribution in [-0.4, -0.2) is 21.4 Å². The average molecular weight is 319 g/mol. The smallest absolute Gasteiger partial charge is 0.274 e. The predicted molar refractivity (Wildman–Crippen MR) is 89.5 cm³/mol. The number of aryl methyl sites for hydroxylation is 1. The maximum atomic E-state index is 12.3. The Bertz CT molecular complexity index is 695. The minimum atomic E-state index is -0.306. The zero-order valence-electron chi connectivity index (χ0n) is 13.1. The molecule has 1 amide bonds. The Labute approximate surface area is 135 Å². The van der Waals surface area contributed by atoms with Crippen LogP contribution >= 0.6 is 11.6 Å². The third kappa shape index (κ3) is 4.43. The summed E-state index contributed by atoms with van der Waals surface area (Å²) in [5.74, 6) is 0.300. The SMILES string of the molecule is Cc1ccc(NC(=O)c2cc(NC(C)(C)C)ncn2)cc1Cl. The molecule has 0 bridgehead atoms. The fourth-order valence-electron chi connectivity index (χ4n) is 1.80. The first-order valence-corrected chi connectivity index (χ1v) is 7.30. The van der Waals surface area contributed by atoms with Gasteiger partial charge in [-0.1, -0.05) is 17.7 Å². The second kappa shape index (κ2) is 6.32. The molecule has 2 rings (SSSR count). The van der Waals surface area contributed by atoms with Crippen LogP contribution in [0.3, 0.4) is 0 Å². The minimum absolute atomic E-state index is 0.146. The third-order valence-corrected chi connectivity index (χ3v) is 3.24. The number of benzene rings is 1. The van der Waals surface area contributed by atoms with Crippen LogP contribution in [0.2, 0.25) is 5.02 Å². The van der Waals surface area contributed by atoms with E-state index in [4.69, 9.17) is 11.6 Å². The number of carbonyl (C=O) groups excluding carboxylic acids is 1. The van der Waals surface area contributed by atoms with Crippen LogP contribution in [0.1, 0.15) is 36.8 Å². The summed E-state index contributed by atoms with van der Waals surface area (Å²) in [6.45, 7) is 7.96. The van der Waals surface area contributed by atoms with E-state index in [1.54, 1.807) is 18.2 Å². The number of halogens is 1. The number of rotatable bonds is 3. The Morgan fingerprint density at radius 1 is 1.18 bits per heavy atom. The number of amides is 1. The van der Waals surface area contributed by atoms with Crippen LogP contribution in [0.25, 0.3) is 0 Å². The van der Waals surface area contributed by atoms with Crippen molar-refractivity contribution in [3.63, 3.8) is 0 Å². The molecule has 1 heterocycles.